The SMILES string of the molecule is O=C(O)c1ccn(-c2cnc3c4c(cccc24)C(=O)N3)c1C1CC1. The van der Waals surface area contributed by atoms with Crippen molar-refractivity contribution in [1.82, 2.24) is 9.55 Å². The van der Waals surface area contributed by atoms with Gasteiger partial charge in [0.15, 0.2) is 0 Å². The Balaban J connectivity index is 1.82. The van der Waals surface area contributed by atoms with Gasteiger partial charge in [-0.1, -0.05) is 12.1 Å². The van der Waals surface area contributed by atoms with E-state index in [2.05, 4.69) is 10.3 Å². The Morgan fingerprint density at radius 2 is 2.12 bits per heavy atom. The zero-order valence-corrected chi connectivity index (χ0v) is 12.6. The van der Waals surface area contributed by atoms with Crippen molar-refractivity contribution in [3.63, 3.8) is 0 Å². The first-order valence-electron chi connectivity index (χ1n) is 7.83. The molecule has 0 unspecified atom stereocenters. The van der Waals surface area contributed by atoms with E-state index in [-0.39, 0.29) is 11.8 Å². The van der Waals surface area contributed by atoms with Gasteiger partial charge in [0, 0.05) is 28.6 Å². The van der Waals surface area contributed by atoms with Crippen molar-refractivity contribution in [2.75, 3.05) is 5.32 Å². The molecule has 0 radical (unpaired) electrons. The summed E-state index contributed by atoms with van der Waals surface area (Å²) in [6.45, 7) is 0. The average Bonchev–Trinajstić information content (AvgIpc) is 3.23. The first-order valence-corrected chi connectivity index (χ1v) is 7.83. The normalized spacial score (nSPS) is 15.8. The van der Waals surface area contributed by atoms with Crippen LogP contribution in [-0.4, -0.2) is 26.5 Å². The molecule has 3 heterocycles. The number of hydrogen-bond acceptors (Lipinski definition) is 3. The van der Waals surface area contributed by atoms with Crippen LogP contribution in [0.4, 0.5) is 5.82 Å². The molecule has 0 atom stereocenters. The van der Waals surface area contributed by atoms with Gasteiger partial charge < -0.3 is 15.0 Å². The molecule has 2 aromatic heterocycles. The van der Waals surface area contributed by atoms with E-state index in [0.29, 0.717) is 16.9 Å². The molecule has 1 saturated carbocycles. The molecule has 24 heavy (non-hydrogen) atoms. The number of benzene rings is 1. The summed E-state index contributed by atoms with van der Waals surface area (Å²) in [6, 6.07) is 7.20. The van der Waals surface area contributed by atoms with Crippen molar-refractivity contribution in [1.29, 1.82) is 0 Å². The molecular formula is C18H13N3O3. The van der Waals surface area contributed by atoms with Crippen molar-refractivity contribution in [2.45, 2.75) is 18.8 Å². The van der Waals surface area contributed by atoms with Crippen LogP contribution in [0.1, 0.15) is 45.2 Å². The lowest BCUT2D eigenvalue weighted by molar-refractivity contribution is 0.0695. The molecule has 2 N–H and O–H groups in total. The molecule has 1 amide bonds. The van der Waals surface area contributed by atoms with E-state index in [9.17, 15) is 14.7 Å². The van der Waals surface area contributed by atoms with Crippen molar-refractivity contribution < 1.29 is 14.7 Å². The van der Waals surface area contributed by atoms with Crippen molar-refractivity contribution in [3.8, 4) is 5.69 Å². The highest BCUT2D eigenvalue weighted by Gasteiger charge is 2.33. The minimum atomic E-state index is -0.911. The van der Waals surface area contributed by atoms with Crippen LogP contribution in [-0.2, 0) is 0 Å². The van der Waals surface area contributed by atoms with E-state index < -0.39 is 5.97 Å². The highest BCUT2D eigenvalue weighted by molar-refractivity contribution is 6.23. The van der Waals surface area contributed by atoms with Crippen LogP contribution in [0, 0.1) is 0 Å². The molecule has 1 fully saturated rings. The van der Waals surface area contributed by atoms with Gasteiger partial charge >= 0.3 is 5.97 Å². The zero-order chi connectivity index (χ0) is 16.4. The minimum Gasteiger partial charge on any atom is -0.478 e. The molecule has 6 heteroatoms. The van der Waals surface area contributed by atoms with Crippen LogP contribution >= 0.6 is 0 Å². The van der Waals surface area contributed by atoms with Gasteiger partial charge in [-0.2, -0.15) is 0 Å². The second-order valence-electron chi connectivity index (χ2n) is 6.24. The lowest BCUT2D eigenvalue weighted by Gasteiger charge is -2.13. The summed E-state index contributed by atoms with van der Waals surface area (Å²) in [6.07, 6.45) is 5.48. The van der Waals surface area contributed by atoms with Gasteiger partial charge in [-0.05, 0) is 25.0 Å². The number of aromatic carboxylic acids is 1. The van der Waals surface area contributed by atoms with Crippen molar-refractivity contribution in [2.24, 2.45) is 0 Å². The number of nitrogens with one attached hydrogen (secondary N) is 1. The van der Waals surface area contributed by atoms with Gasteiger partial charge in [0.1, 0.15) is 5.82 Å². The summed E-state index contributed by atoms with van der Waals surface area (Å²) in [7, 11) is 0. The number of carbonyl (C=O) groups is 2. The summed E-state index contributed by atoms with van der Waals surface area (Å²) >= 11 is 0. The highest BCUT2D eigenvalue weighted by atomic mass is 16.4. The fourth-order valence-corrected chi connectivity index (χ4v) is 3.54. The van der Waals surface area contributed by atoms with E-state index in [1.807, 2.05) is 16.7 Å². The maximum absolute atomic E-state index is 12.0. The van der Waals surface area contributed by atoms with Gasteiger partial charge in [-0.3, -0.25) is 4.79 Å². The third-order valence-corrected chi connectivity index (χ3v) is 4.75. The Kier molecular flexibility index (Phi) is 2.46. The molecule has 6 nitrogen and oxygen atoms in total. The van der Waals surface area contributed by atoms with Crippen LogP contribution in [0.5, 0.6) is 0 Å². The Morgan fingerprint density at radius 3 is 2.88 bits per heavy atom. The molecule has 1 aromatic carbocycles. The van der Waals surface area contributed by atoms with Crippen LogP contribution in [0.15, 0.2) is 36.7 Å². The van der Waals surface area contributed by atoms with Crippen LogP contribution in [0.3, 0.4) is 0 Å². The standard InChI is InChI=1S/C18H13N3O3/c22-17-11-3-1-2-10-13(8-19-16(20-17)14(10)11)21-7-6-12(18(23)24)15(21)9-4-5-9/h1-3,6-9H,4-5H2,(H,23,24)(H,19,20,22). The molecule has 0 spiro atoms. The van der Waals surface area contributed by atoms with E-state index >= 15 is 0 Å². The fraction of sp³-hybridized carbons (Fsp3) is 0.167. The van der Waals surface area contributed by atoms with Crippen LogP contribution in [0.2, 0.25) is 0 Å². The maximum Gasteiger partial charge on any atom is 0.337 e. The molecule has 118 valence electrons. The monoisotopic (exact) mass is 319 g/mol. The molecular weight excluding hydrogens is 306 g/mol. The molecule has 0 bridgehead atoms. The van der Waals surface area contributed by atoms with Crippen LogP contribution < -0.4 is 5.32 Å². The van der Waals surface area contributed by atoms with E-state index in [1.54, 1.807) is 24.5 Å². The number of hydrogen-bond donors (Lipinski definition) is 2. The lowest BCUT2D eigenvalue weighted by Crippen LogP contribution is -2.05. The zero-order valence-electron chi connectivity index (χ0n) is 12.6. The van der Waals surface area contributed by atoms with Gasteiger partial charge in [-0.15, -0.1) is 0 Å². The quantitative estimate of drug-likeness (QED) is 0.776. The molecule has 1 aliphatic heterocycles. The number of aromatic nitrogens is 2. The topological polar surface area (TPSA) is 84.2 Å². The van der Waals surface area contributed by atoms with Gasteiger partial charge in [0.2, 0.25) is 0 Å². The predicted molar refractivity (Wildman–Crippen MR) is 88.0 cm³/mol. The third-order valence-electron chi connectivity index (χ3n) is 4.75. The second kappa shape index (κ2) is 4.44. The van der Waals surface area contributed by atoms with E-state index in [1.165, 1.54) is 0 Å². The summed E-state index contributed by atoms with van der Waals surface area (Å²) in [4.78, 5) is 28.0. The first kappa shape index (κ1) is 13.3. The van der Waals surface area contributed by atoms with Crippen LogP contribution in [0.25, 0.3) is 16.5 Å². The van der Waals surface area contributed by atoms with Gasteiger partial charge in [0.25, 0.3) is 5.91 Å². The van der Waals surface area contributed by atoms with Gasteiger partial charge in [-0.25, -0.2) is 9.78 Å². The lowest BCUT2D eigenvalue weighted by atomic mass is 10.1. The molecule has 2 aliphatic rings. The number of carboxylic acids is 1. The fourth-order valence-electron chi connectivity index (χ4n) is 3.54. The third kappa shape index (κ3) is 1.68. The summed E-state index contributed by atoms with van der Waals surface area (Å²) < 4.78 is 1.92. The number of amides is 1. The molecule has 3 aromatic rings. The summed E-state index contributed by atoms with van der Waals surface area (Å²) in [5.74, 6) is -0.227. The smallest absolute Gasteiger partial charge is 0.337 e. The number of nitrogens with zero attached hydrogens (tertiary/aromatic N) is 2. The number of anilines is 1. The summed E-state index contributed by atoms with van der Waals surface area (Å²) in [5.41, 5.74) is 2.58. The average molecular weight is 319 g/mol. The Morgan fingerprint density at radius 1 is 1.29 bits per heavy atom. The molecule has 5 rings (SSSR count). The number of rotatable bonds is 3. The number of carboxylic acid groups (broad SMARTS) is 1. The summed E-state index contributed by atoms with van der Waals surface area (Å²) in [5, 5.41) is 13.9. The Labute approximate surface area is 136 Å². The highest BCUT2D eigenvalue weighted by Crippen LogP contribution is 2.44. The largest absolute Gasteiger partial charge is 0.478 e. The van der Waals surface area contributed by atoms with Crippen molar-refractivity contribution in [3.05, 3.63) is 53.5 Å². The van der Waals surface area contributed by atoms with Crippen molar-refractivity contribution >= 4 is 28.5 Å². The number of pyridine rings is 1. The van der Waals surface area contributed by atoms with Gasteiger partial charge in [0.05, 0.1) is 23.0 Å². The number of carbonyl (C=O) groups excluding carboxylic acids is 1. The van der Waals surface area contributed by atoms with E-state index in [0.717, 1.165) is 35.0 Å². The Bertz CT molecular complexity index is 1050. The first-order chi connectivity index (χ1) is 11.6. The Hall–Kier alpha value is -3.15. The van der Waals surface area contributed by atoms with E-state index in [4.69, 9.17) is 0 Å². The molecule has 0 saturated heterocycles. The predicted octanol–water partition coefficient (Wildman–Crippen LogP) is 3.17. The maximum atomic E-state index is 12.0. The second-order valence-corrected chi connectivity index (χ2v) is 6.24. The minimum absolute atomic E-state index is 0.151. The molecule has 1 aliphatic carbocycles.